The minimum absolute atomic E-state index is 0.0677. The second-order valence-electron chi connectivity index (χ2n) is 7.09. The molecule has 2 aliphatic rings. The van der Waals surface area contributed by atoms with Crippen LogP contribution in [0.1, 0.15) is 44.6 Å². The molecule has 3 rings (SSSR count). The van der Waals surface area contributed by atoms with Crippen molar-refractivity contribution in [1.29, 1.82) is 0 Å². The molecule has 1 aromatic rings. The molecule has 0 aromatic heterocycles. The Morgan fingerprint density at radius 2 is 1.95 bits per heavy atom. The Morgan fingerprint density at radius 1 is 1.29 bits per heavy atom. The summed E-state index contributed by atoms with van der Waals surface area (Å²) in [6.07, 6.45) is 2.81. The fraction of sp³-hybridized carbons (Fsp3) is 0.588. The first-order chi connectivity index (χ1) is 9.93. The van der Waals surface area contributed by atoms with E-state index in [-0.39, 0.29) is 29.2 Å². The summed E-state index contributed by atoms with van der Waals surface area (Å²) in [6, 6.07) is 6.99. The van der Waals surface area contributed by atoms with Crippen molar-refractivity contribution in [2.75, 3.05) is 6.54 Å². The third-order valence-corrected chi connectivity index (χ3v) is 4.78. The molecule has 1 aliphatic carbocycles. The first-order valence-corrected chi connectivity index (χ1v) is 7.74. The van der Waals surface area contributed by atoms with Gasteiger partial charge in [-0.05, 0) is 56.7 Å². The molecule has 1 aliphatic heterocycles. The van der Waals surface area contributed by atoms with Gasteiger partial charge in [0.2, 0.25) is 5.91 Å². The maximum Gasteiger partial charge on any atom is 0.224 e. The van der Waals surface area contributed by atoms with E-state index in [1.54, 1.807) is 0 Å². The predicted molar refractivity (Wildman–Crippen MR) is 80.5 cm³/mol. The molecule has 4 heteroatoms. The van der Waals surface area contributed by atoms with Crippen LogP contribution >= 0.6 is 0 Å². The van der Waals surface area contributed by atoms with Crippen LogP contribution in [-0.2, 0) is 4.79 Å². The van der Waals surface area contributed by atoms with Crippen LogP contribution in [0.25, 0.3) is 0 Å². The molecule has 21 heavy (non-hydrogen) atoms. The van der Waals surface area contributed by atoms with E-state index in [1.807, 2.05) is 12.1 Å². The van der Waals surface area contributed by atoms with Crippen molar-refractivity contribution < 1.29 is 9.18 Å². The van der Waals surface area contributed by atoms with Gasteiger partial charge in [-0.3, -0.25) is 4.79 Å². The van der Waals surface area contributed by atoms with E-state index in [0.29, 0.717) is 5.92 Å². The first-order valence-electron chi connectivity index (χ1n) is 7.74. The summed E-state index contributed by atoms with van der Waals surface area (Å²) in [5, 5.41) is 6.53. The van der Waals surface area contributed by atoms with Crippen molar-refractivity contribution >= 4 is 5.91 Å². The summed E-state index contributed by atoms with van der Waals surface area (Å²) < 4.78 is 12.9. The van der Waals surface area contributed by atoms with E-state index >= 15 is 0 Å². The average Bonchev–Trinajstić information content (AvgIpc) is 2.75. The van der Waals surface area contributed by atoms with E-state index in [0.717, 1.165) is 25.8 Å². The lowest BCUT2D eigenvalue weighted by Crippen LogP contribution is -2.46. The molecule has 3 nitrogen and oxygen atoms in total. The number of nitrogens with one attached hydrogen (secondary N) is 2. The average molecular weight is 290 g/mol. The van der Waals surface area contributed by atoms with Gasteiger partial charge < -0.3 is 10.6 Å². The number of benzene rings is 1. The molecular weight excluding hydrogens is 267 g/mol. The quantitative estimate of drug-likeness (QED) is 0.898. The third kappa shape index (κ3) is 3.26. The molecule has 2 N–H and O–H groups in total. The van der Waals surface area contributed by atoms with Gasteiger partial charge in [-0.2, -0.15) is 0 Å². The minimum atomic E-state index is -0.195. The van der Waals surface area contributed by atoms with Crippen LogP contribution in [-0.4, -0.2) is 24.0 Å². The molecule has 1 saturated heterocycles. The Morgan fingerprint density at radius 3 is 2.52 bits per heavy atom. The monoisotopic (exact) mass is 290 g/mol. The van der Waals surface area contributed by atoms with Crippen molar-refractivity contribution in [3.63, 3.8) is 0 Å². The molecular formula is C17H23FN2O. The highest BCUT2D eigenvalue weighted by Crippen LogP contribution is 2.37. The smallest absolute Gasteiger partial charge is 0.224 e. The van der Waals surface area contributed by atoms with Crippen molar-refractivity contribution in [2.24, 2.45) is 5.92 Å². The van der Waals surface area contributed by atoms with Crippen molar-refractivity contribution in [3.8, 4) is 0 Å². The number of carbonyl (C=O) groups is 1. The van der Waals surface area contributed by atoms with Crippen LogP contribution in [0, 0.1) is 11.7 Å². The minimum Gasteiger partial charge on any atom is -0.353 e. The second kappa shape index (κ2) is 5.41. The number of rotatable bonds is 3. The molecule has 1 amide bonds. The fourth-order valence-corrected chi connectivity index (χ4v) is 3.41. The lowest BCUT2D eigenvalue weighted by Gasteiger charge is -2.36. The summed E-state index contributed by atoms with van der Waals surface area (Å²) in [5.74, 6) is 0.522. The Balaban J connectivity index is 1.47. The maximum atomic E-state index is 12.9. The molecule has 1 heterocycles. The number of hydrogen-bond acceptors (Lipinski definition) is 2. The van der Waals surface area contributed by atoms with Gasteiger partial charge in [0.1, 0.15) is 5.82 Å². The highest BCUT2D eigenvalue weighted by atomic mass is 19.1. The Kier molecular flexibility index (Phi) is 3.74. The number of halogens is 1. The van der Waals surface area contributed by atoms with Crippen LogP contribution in [0.3, 0.4) is 0 Å². The Bertz CT molecular complexity index is 520. The largest absolute Gasteiger partial charge is 0.353 e. The molecule has 1 unspecified atom stereocenters. The summed E-state index contributed by atoms with van der Waals surface area (Å²) in [6.45, 7) is 5.04. The van der Waals surface area contributed by atoms with Gasteiger partial charge in [0.05, 0.1) is 5.92 Å². The molecule has 1 saturated carbocycles. The number of amides is 1. The molecule has 1 atom stereocenters. The highest BCUT2D eigenvalue weighted by Gasteiger charge is 2.37. The SMILES string of the molecule is CC1(C)CC(C(=O)NC2CC(c3ccc(F)cc3)C2)CN1. The highest BCUT2D eigenvalue weighted by molar-refractivity contribution is 5.79. The van der Waals surface area contributed by atoms with E-state index in [4.69, 9.17) is 0 Å². The van der Waals surface area contributed by atoms with Crippen LogP contribution in [0.4, 0.5) is 4.39 Å². The zero-order valence-electron chi connectivity index (χ0n) is 12.7. The predicted octanol–water partition coefficient (Wildman–Crippen LogP) is 2.58. The Hall–Kier alpha value is -1.42. The summed E-state index contributed by atoms with van der Waals surface area (Å²) in [7, 11) is 0. The molecule has 1 aromatic carbocycles. The first kappa shape index (κ1) is 14.5. The molecule has 0 radical (unpaired) electrons. The third-order valence-electron chi connectivity index (χ3n) is 4.78. The van der Waals surface area contributed by atoms with Crippen LogP contribution in [0.15, 0.2) is 24.3 Å². The van der Waals surface area contributed by atoms with Crippen LogP contribution in [0.2, 0.25) is 0 Å². The van der Waals surface area contributed by atoms with E-state index in [1.165, 1.54) is 17.7 Å². The van der Waals surface area contributed by atoms with Gasteiger partial charge in [0, 0.05) is 18.1 Å². The van der Waals surface area contributed by atoms with Gasteiger partial charge in [-0.1, -0.05) is 12.1 Å². The number of carbonyl (C=O) groups excluding carboxylic acids is 1. The van der Waals surface area contributed by atoms with Crippen molar-refractivity contribution in [1.82, 2.24) is 10.6 Å². The fourth-order valence-electron chi connectivity index (χ4n) is 3.41. The van der Waals surface area contributed by atoms with Gasteiger partial charge in [-0.25, -0.2) is 4.39 Å². The second-order valence-corrected chi connectivity index (χ2v) is 7.09. The lowest BCUT2D eigenvalue weighted by atomic mass is 9.75. The van der Waals surface area contributed by atoms with Crippen LogP contribution in [0.5, 0.6) is 0 Å². The summed E-state index contributed by atoms with van der Waals surface area (Å²) >= 11 is 0. The lowest BCUT2D eigenvalue weighted by molar-refractivity contribution is -0.125. The van der Waals surface area contributed by atoms with Crippen molar-refractivity contribution in [2.45, 2.75) is 50.6 Å². The molecule has 0 spiro atoms. The Labute approximate surface area is 125 Å². The van der Waals surface area contributed by atoms with Gasteiger partial charge in [0.15, 0.2) is 0 Å². The maximum absolute atomic E-state index is 12.9. The van der Waals surface area contributed by atoms with Crippen LogP contribution < -0.4 is 10.6 Å². The van der Waals surface area contributed by atoms with E-state index < -0.39 is 0 Å². The standard InChI is InChI=1S/C17H23FN2O/c1-17(2)9-13(10-19-17)16(21)20-15-7-12(8-15)11-3-5-14(18)6-4-11/h3-6,12-13,15,19H,7-10H2,1-2H3,(H,20,21). The number of hydrogen-bond donors (Lipinski definition) is 2. The normalized spacial score (nSPS) is 30.7. The zero-order chi connectivity index (χ0) is 15.0. The van der Waals surface area contributed by atoms with E-state index in [9.17, 15) is 9.18 Å². The van der Waals surface area contributed by atoms with Gasteiger partial charge in [-0.15, -0.1) is 0 Å². The summed E-state index contributed by atoms with van der Waals surface area (Å²) in [4.78, 5) is 12.2. The zero-order valence-corrected chi connectivity index (χ0v) is 12.7. The van der Waals surface area contributed by atoms with E-state index in [2.05, 4.69) is 24.5 Å². The van der Waals surface area contributed by atoms with Gasteiger partial charge >= 0.3 is 0 Å². The topological polar surface area (TPSA) is 41.1 Å². The van der Waals surface area contributed by atoms with Gasteiger partial charge in [0.25, 0.3) is 0 Å². The summed E-state index contributed by atoms with van der Waals surface area (Å²) in [5.41, 5.74) is 1.24. The molecule has 0 bridgehead atoms. The molecule has 2 fully saturated rings. The molecule has 114 valence electrons. The van der Waals surface area contributed by atoms with Crippen molar-refractivity contribution in [3.05, 3.63) is 35.6 Å².